The van der Waals surface area contributed by atoms with Crippen molar-refractivity contribution in [3.8, 4) is 0 Å². The molecule has 0 spiro atoms. The number of para-hydroxylation sites is 1. The van der Waals surface area contributed by atoms with Gasteiger partial charge in [-0.2, -0.15) is 13.2 Å². The van der Waals surface area contributed by atoms with Crippen LogP contribution in [0.15, 0.2) is 24.3 Å². The number of hydrogen-bond donors (Lipinski definition) is 2. The molecular formula is C15H19F3N2O3. The number of amides is 2. The minimum absolute atomic E-state index is 0.109. The minimum atomic E-state index is -4.53. The van der Waals surface area contributed by atoms with Gasteiger partial charge in [0, 0.05) is 13.1 Å². The van der Waals surface area contributed by atoms with Gasteiger partial charge in [0.25, 0.3) is 0 Å². The summed E-state index contributed by atoms with van der Waals surface area (Å²) in [6.45, 7) is 0.817. The Morgan fingerprint density at radius 2 is 2.13 bits per heavy atom. The first-order chi connectivity index (χ1) is 10.9. The number of hydrogen-bond acceptors (Lipinski definition) is 3. The predicted molar refractivity (Wildman–Crippen MR) is 78.1 cm³/mol. The van der Waals surface area contributed by atoms with Gasteiger partial charge in [0.15, 0.2) is 0 Å². The van der Waals surface area contributed by atoms with Crippen LogP contribution in [0, 0.1) is 0 Å². The Bertz CT molecular complexity index is 537. The Kier molecular flexibility index (Phi) is 5.84. The number of anilines is 1. The van der Waals surface area contributed by atoms with Crippen LogP contribution in [0.25, 0.3) is 0 Å². The smallest absolute Gasteiger partial charge is 0.394 e. The van der Waals surface area contributed by atoms with Crippen molar-refractivity contribution in [2.75, 3.05) is 31.6 Å². The van der Waals surface area contributed by atoms with Crippen LogP contribution < -0.4 is 5.32 Å². The van der Waals surface area contributed by atoms with E-state index in [1.54, 1.807) is 0 Å². The number of piperidine rings is 1. The van der Waals surface area contributed by atoms with E-state index in [0.29, 0.717) is 19.5 Å². The van der Waals surface area contributed by atoms with Crippen molar-refractivity contribution < 1.29 is 27.8 Å². The maximum atomic E-state index is 12.9. The second kappa shape index (κ2) is 7.65. The van der Waals surface area contributed by atoms with E-state index in [2.05, 4.69) is 5.32 Å². The van der Waals surface area contributed by atoms with E-state index in [1.807, 2.05) is 0 Å². The fourth-order valence-corrected chi connectivity index (χ4v) is 2.51. The molecule has 1 heterocycles. The number of urea groups is 1. The molecule has 2 N–H and O–H groups in total. The van der Waals surface area contributed by atoms with Gasteiger partial charge in [-0.25, -0.2) is 4.79 Å². The van der Waals surface area contributed by atoms with Crippen LogP contribution in [0.4, 0.5) is 23.7 Å². The van der Waals surface area contributed by atoms with Crippen LogP contribution >= 0.6 is 0 Å². The summed E-state index contributed by atoms with van der Waals surface area (Å²) in [4.78, 5) is 13.6. The average molecular weight is 332 g/mol. The van der Waals surface area contributed by atoms with Gasteiger partial charge < -0.3 is 20.1 Å². The molecule has 1 aromatic rings. The van der Waals surface area contributed by atoms with Gasteiger partial charge in [0.1, 0.15) is 0 Å². The molecule has 23 heavy (non-hydrogen) atoms. The van der Waals surface area contributed by atoms with E-state index in [4.69, 9.17) is 9.84 Å². The van der Waals surface area contributed by atoms with Gasteiger partial charge in [-0.3, -0.25) is 0 Å². The summed E-state index contributed by atoms with van der Waals surface area (Å²) in [5.74, 6) is 0. The number of halogens is 3. The van der Waals surface area contributed by atoms with Gasteiger partial charge in [-0.1, -0.05) is 12.1 Å². The normalized spacial score (nSPS) is 18.8. The number of rotatable bonds is 4. The fourth-order valence-electron chi connectivity index (χ4n) is 2.51. The first kappa shape index (κ1) is 17.6. The van der Waals surface area contributed by atoms with E-state index in [1.165, 1.54) is 23.1 Å². The van der Waals surface area contributed by atoms with Gasteiger partial charge in [-0.05, 0) is 25.0 Å². The number of carbonyl (C=O) groups is 1. The molecule has 1 atom stereocenters. The number of ether oxygens (including phenoxy) is 1. The van der Waals surface area contributed by atoms with Crippen LogP contribution in [-0.2, 0) is 10.9 Å². The zero-order chi connectivity index (χ0) is 16.9. The third-order valence-corrected chi connectivity index (χ3v) is 3.58. The number of alkyl halides is 3. The van der Waals surface area contributed by atoms with Gasteiger partial charge >= 0.3 is 12.2 Å². The van der Waals surface area contributed by atoms with Crippen molar-refractivity contribution in [2.24, 2.45) is 0 Å². The topological polar surface area (TPSA) is 61.8 Å². The average Bonchev–Trinajstić information content (AvgIpc) is 2.52. The number of likely N-dealkylation sites (tertiary alicyclic amines) is 1. The minimum Gasteiger partial charge on any atom is -0.394 e. The molecule has 1 saturated heterocycles. The number of aliphatic hydroxyl groups is 1. The highest BCUT2D eigenvalue weighted by Gasteiger charge is 2.34. The molecule has 1 aliphatic heterocycles. The summed E-state index contributed by atoms with van der Waals surface area (Å²) in [6.07, 6.45) is -3.29. The number of nitrogens with one attached hydrogen (secondary N) is 1. The molecule has 1 aromatic carbocycles. The van der Waals surface area contributed by atoms with Crippen LogP contribution in [0.3, 0.4) is 0 Å². The summed E-state index contributed by atoms with van der Waals surface area (Å²) in [7, 11) is 0. The second-order valence-corrected chi connectivity index (χ2v) is 5.28. The molecule has 0 saturated carbocycles. The standard InChI is InChI=1S/C15H19F3N2O3/c16-15(17,18)12-5-1-2-6-13(12)19-14(22)20-7-3-4-11(10-20)23-9-8-21/h1-2,5-6,11,21H,3-4,7-10H2,(H,19,22)/t11-/m0/s1. The highest BCUT2D eigenvalue weighted by atomic mass is 19.4. The third-order valence-electron chi connectivity index (χ3n) is 3.58. The molecule has 0 aliphatic carbocycles. The highest BCUT2D eigenvalue weighted by Crippen LogP contribution is 2.34. The molecule has 2 amide bonds. The Balaban J connectivity index is 2.02. The molecule has 1 fully saturated rings. The lowest BCUT2D eigenvalue weighted by atomic mass is 10.1. The molecule has 0 unspecified atom stereocenters. The Morgan fingerprint density at radius 3 is 2.83 bits per heavy atom. The largest absolute Gasteiger partial charge is 0.418 e. The van der Waals surface area contributed by atoms with Crippen molar-refractivity contribution in [1.82, 2.24) is 4.90 Å². The first-order valence-electron chi connectivity index (χ1n) is 7.36. The Hall–Kier alpha value is -1.80. The van der Waals surface area contributed by atoms with Crippen molar-refractivity contribution in [1.29, 1.82) is 0 Å². The van der Waals surface area contributed by atoms with Gasteiger partial charge in [0.2, 0.25) is 0 Å². The lowest BCUT2D eigenvalue weighted by Crippen LogP contribution is -2.45. The molecule has 0 bridgehead atoms. The van der Waals surface area contributed by atoms with E-state index in [-0.39, 0.29) is 25.0 Å². The molecule has 128 valence electrons. The molecule has 0 radical (unpaired) electrons. The summed E-state index contributed by atoms with van der Waals surface area (Å²) in [5, 5.41) is 11.1. The van der Waals surface area contributed by atoms with E-state index in [9.17, 15) is 18.0 Å². The Labute approximate surface area is 132 Å². The van der Waals surface area contributed by atoms with Gasteiger partial charge in [-0.15, -0.1) is 0 Å². The zero-order valence-electron chi connectivity index (χ0n) is 12.5. The summed E-state index contributed by atoms with van der Waals surface area (Å²) in [5.41, 5.74) is -1.14. The third kappa shape index (κ3) is 4.84. The Morgan fingerprint density at radius 1 is 1.39 bits per heavy atom. The maximum absolute atomic E-state index is 12.9. The van der Waals surface area contributed by atoms with Crippen molar-refractivity contribution in [3.05, 3.63) is 29.8 Å². The number of nitrogens with zero attached hydrogens (tertiary/aromatic N) is 1. The van der Waals surface area contributed by atoms with Gasteiger partial charge in [0.05, 0.1) is 30.6 Å². The fraction of sp³-hybridized carbons (Fsp3) is 0.533. The molecule has 8 heteroatoms. The molecule has 1 aliphatic rings. The monoisotopic (exact) mass is 332 g/mol. The van der Waals surface area contributed by atoms with E-state index >= 15 is 0 Å². The predicted octanol–water partition coefficient (Wildman–Crippen LogP) is 2.71. The first-order valence-corrected chi connectivity index (χ1v) is 7.36. The number of aliphatic hydroxyl groups excluding tert-OH is 1. The van der Waals surface area contributed by atoms with Crippen LogP contribution in [-0.4, -0.2) is 48.4 Å². The van der Waals surface area contributed by atoms with Crippen LogP contribution in [0.5, 0.6) is 0 Å². The lowest BCUT2D eigenvalue weighted by Gasteiger charge is -2.32. The van der Waals surface area contributed by atoms with Crippen molar-refractivity contribution in [2.45, 2.75) is 25.1 Å². The molecule has 0 aromatic heterocycles. The molecule has 2 rings (SSSR count). The van der Waals surface area contributed by atoms with Crippen molar-refractivity contribution >= 4 is 11.7 Å². The van der Waals surface area contributed by atoms with Crippen molar-refractivity contribution in [3.63, 3.8) is 0 Å². The quantitative estimate of drug-likeness (QED) is 0.891. The summed E-state index contributed by atoms with van der Waals surface area (Å²) in [6, 6.07) is 4.29. The van der Waals surface area contributed by atoms with E-state index < -0.39 is 17.8 Å². The molecular weight excluding hydrogens is 313 g/mol. The highest BCUT2D eigenvalue weighted by molar-refractivity contribution is 5.90. The second-order valence-electron chi connectivity index (χ2n) is 5.28. The zero-order valence-corrected chi connectivity index (χ0v) is 12.5. The number of carbonyl (C=O) groups excluding carboxylic acids is 1. The summed E-state index contributed by atoms with van der Waals surface area (Å²) < 4.78 is 44.2. The summed E-state index contributed by atoms with van der Waals surface area (Å²) >= 11 is 0. The number of benzene rings is 1. The van der Waals surface area contributed by atoms with Crippen LogP contribution in [0.1, 0.15) is 18.4 Å². The SMILES string of the molecule is O=C(Nc1ccccc1C(F)(F)F)N1CCC[C@H](OCCO)C1. The molecule has 5 nitrogen and oxygen atoms in total. The van der Waals surface area contributed by atoms with E-state index in [0.717, 1.165) is 12.5 Å². The van der Waals surface area contributed by atoms with Crippen LogP contribution in [0.2, 0.25) is 0 Å². The lowest BCUT2D eigenvalue weighted by molar-refractivity contribution is -0.136. The maximum Gasteiger partial charge on any atom is 0.418 e.